The van der Waals surface area contributed by atoms with Gasteiger partial charge in [0.1, 0.15) is 0 Å². The fourth-order valence-electron chi connectivity index (χ4n) is 1.62. The molecule has 0 atom stereocenters. The highest BCUT2D eigenvalue weighted by Gasteiger charge is 2.13. The van der Waals surface area contributed by atoms with E-state index in [9.17, 15) is 14.4 Å². The minimum Gasteiger partial charge on any atom is -0.294 e. The van der Waals surface area contributed by atoms with E-state index in [-0.39, 0.29) is 12.1 Å². The Morgan fingerprint density at radius 2 is 2.00 bits per heavy atom. The Balaban J connectivity index is 2.55. The lowest BCUT2D eigenvalue weighted by Gasteiger charge is -2.06. The molecular formula is C10H12N6O3. The lowest BCUT2D eigenvalue weighted by Crippen LogP contribution is -2.40. The maximum Gasteiger partial charge on any atom is 0.331 e. The van der Waals surface area contributed by atoms with Gasteiger partial charge in [-0.25, -0.2) is 4.79 Å². The Morgan fingerprint density at radius 3 is 2.53 bits per heavy atom. The van der Waals surface area contributed by atoms with E-state index >= 15 is 0 Å². The minimum absolute atomic E-state index is 0.0427. The van der Waals surface area contributed by atoms with Gasteiger partial charge in [-0.15, -0.1) is 10.2 Å². The Kier molecular flexibility index (Phi) is 3.11. The van der Waals surface area contributed by atoms with Crippen molar-refractivity contribution in [1.29, 1.82) is 0 Å². The van der Waals surface area contributed by atoms with E-state index in [2.05, 4.69) is 15.4 Å². The van der Waals surface area contributed by atoms with Crippen LogP contribution in [0.1, 0.15) is 23.1 Å². The number of nitrogens with zero attached hydrogens (tertiary/aromatic N) is 6. The Labute approximate surface area is 107 Å². The molecule has 0 bridgehead atoms. The maximum absolute atomic E-state index is 11.9. The van der Waals surface area contributed by atoms with Crippen LogP contribution in [0.3, 0.4) is 0 Å². The zero-order valence-corrected chi connectivity index (χ0v) is 10.7. The van der Waals surface area contributed by atoms with E-state index in [4.69, 9.17) is 0 Å². The van der Waals surface area contributed by atoms with Crippen LogP contribution >= 0.6 is 0 Å². The second-order valence-corrected chi connectivity index (χ2v) is 4.07. The van der Waals surface area contributed by atoms with Crippen molar-refractivity contribution in [1.82, 2.24) is 29.3 Å². The predicted octanol–water partition coefficient (Wildman–Crippen LogP) is -1.68. The summed E-state index contributed by atoms with van der Waals surface area (Å²) in [5.41, 5.74) is -1.20. The largest absolute Gasteiger partial charge is 0.331 e. The van der Waals surface area contributed by atoms with Gasteiger partial charge in [0.15, 0.2) is 11.6 Å². The summed E-state index contributed by atoms with van der Waals surface area (Å²) in [6.07, 6.45) is 1.23. The van der Waals surface area contributed by atoms with Crippen LogP contribution in [0, 0.1) is 0 Å². The zero-order valence-electron chi connectivity index (χ0n) is 10.7. The van der Waals surface area contributed by atoms with Gasteiger partial charge in [-0.2, -0.15) is 4.80 Å². The normalized spacial score (nSPS) is 10.7. The third-order valence-electron chi connectivity index (χ3n) is 2.59. The highest BCUT2D eigenvalue weighted by molar-refractivity contribution is 5.93. The molecule has 2 heterocycles. The third kappa shape index (κ3) is 2.34. The lowest BCUT2D eigenvalue weighted by atomic mass is 10.2. The molecule has 100 valence electrons. The topological polar surface area (TPSA) is 105 Å². The Morgan fingerprint density at radius 1 is 1.32 bits per heavy atom. The molecule has 9 heteroatoms. The molecule has 0 aliphatic heterocycles. The molecule has 9 nitrogen and oxygen atoms in total. The summed E-state index contributed by atoms with van der Waals surface area (Å²) in [5.74, 6) is -0.0841. The molecule has 0 aromatic carbocycles. The molecule has 2 rings (SSSR count). The van der Waals surface area contributed by atoms with Crippen LogP contribution in [0.15, 0.2) is 15.8 Å². The third-order valence-corrected chi connectivity index (χ3v) is 2.59. The Hall–Kier alpha value is -2.58. The van der Waals surface area contributed by atoms with Crippen molar-refractivity contribution >= 4 is 5.78 Å². The number of hydrogen-bond acceptors (Lipinski definition) is 6. The molecule has 0 radical (unpaired) electrons. The molecule has 0 N–H and O–H groups in total. The fraction of sp³-hybridized carbons (Fsp3) is 0.400. The summed E-state index contributed by atoms with van der Waals surface area (Å²) >= 11 is 0. The number of rotatable bonds is 3. The maximum atomic E-state index is 11.9. The molecule has 2 aromatic rings. The van der Waals surface area contributed by atoms with Crippen LogP contribution in [0.5, 0.6) is 0 Å². The first-order valence-electron chi connectivity index (χ1n) is 5.44. The number of Topliss-reactive ketones (excluding diaryl/α,β-unsaturated/α-hetero) is 1. The quantitative estimate of drug-likeness (QED) is 0.613. The van der Waals surface area contributed by atoms with Crippen molar-refractivity contribution in [3.63, 3.8) is 0 Å². The van der Waals surface area contributed by atoms with Crippen LogP contribution in [-0.4, -0.2) is 35.1 Å². The summed E-state index contributed by atoms with van der Waals surface area (Å²) in [5, 5.41) is 11.3. The van der Waals surface area contributed by atoms with Crippen molar-refractivity contribution in [2.75, 3.05) is 0 Å². The van der Waals surface area contributed by atoms with E-state index in [1.807, 2.05) is 0 Å². The summed E-state index contributed by atoms with van der Waals surface area (Å²) in [7, 11) is 2.92. The van der Waals surface area contributed by atoms with Crippen LogP contribution in [-0.2, 0) is 20.6 Å². The average molecular weight is 264 g/mol. The number of ketones is 1. The predicted molar refractivity (Wildman–Crippen MR) is 63.8 cm³/mol. The van der Waals surface area contributed by atoms with Gasteiger partial charge in [0, 0.05) is 13.2 Å². The second-order valence-electron chi connectivity index (χ2n) is 4.07. The highest BCUT2D eigenvalue weighted by Crippen LogP contribution is 1.94. The highest BCUT2D eigenvalue weighted by atomic mass is 16.2. The monoisotopic (exact) mass is 264 g/mol. The van der Waals surface area contributed by atoms with Crippen LogP contribution in [0.4, 0.5) is 0 Å². The molecule has 0 aliphatic rings. The first-order valence-corrected chi connectivity index (χ1v) is 5.44. The molecule has 0 saturated carbocycles. The van der Waals surface area contributed by atoms with Gasteiger partial charge in [0.25, 0.3) is 5.56 Å². The lowest BCUT2D eigenvalue weighted by molar-refractivity contribution is 0.101. The zero-order chi connectivity index (χ0) is 14.2. The van der Waals surface area contributed by atoms with Crippen molar-refractivity contribution in [2.24, 2.45) is 14.1 Å². The van der Waals surface area contributed by atoms with Crippen LogP contribution < -0.4 is 11.2 Å². The van der Waals surface area contributed by atoms with Crippen molar-refractivity contribution in [2.45, 2.75) is 13.5 Å². The van der Waals surface area contributed by atoms with Gasteiger partial charge in [-0.1, -0.05) is 0 Å². The number of aryl methyl sites for hydroxylation is 1. The van der Waals surface area contributed by atoms with Gasteiger partial charge in [-0.3, -0.25) is 18.7 Å². The number of carbonyl (C=O) groups is 1. The Bertz CT molecular complexity index is 753. The van der Waals surface area contributed by atoms with E-state index in [1.165, 1.54) is 29.5 Å². The fourth-order valence-corrected chi connectivity index (χ4v) is 1.62. The number of tetrazole rings is 1. The number of aromatic nitrogens is 6. The van der Waals surface area contributed by atoms with Gasteiger partial charge in [-0.05, 0) is 12.1 Å². The molecule has 0 saturated heterocycles. The van der Waals surface area contributed by atoms with Gasteiger partial charge in [0.05, 0.1) is 19.2 Å². The van der Waals surface area contributed by atoms with E-state index in [0.717, 1.165) is 4.57 Å². The molecule has 0 fully saturated rings. The van der Waals surface area contributed by atoms with Crippen molar-refractivity contribution in [3.8, 4) is 0 Å². The molecular weight excluding hydrogens is 252 g/mol. The van der Waals surface area contributed by atoms with Gasteiger partial charge in [0.2, 0.25) is 0 Å². The summed E-state index contributed by atoms with van der Waals surface area (Å²) in [4.78, 5) is 36.2. The molecule has 0 aliphatic carbocycles. The van der Waals surface area contributed by atoms with Crippen molar-refractivity contribution < 1.29 is 4.79 Å². The van der Waals surface area contributed by atoms with Crippen LogP contribution in [0.25, 0.3) is 0 Å². The van der Waals surface area contributed by atoms with Gasteiger partial charge >= 0.3 is 5.69 Å². The first-order chi connectivity index (χ1) is 8.90. The van der Waals surface area contributed by atoms with Crippen molar-refractivity contribution in [3.05, 3.63) is 38.4 Å². The second kappa shape index (κ2) is 4.59. The molecule has 0 amide bonds. The SMILES string of the molecule is CC(=O)c1cn(Cc2nnn(C)n2)c(=O)n(C)c1=O. The average Bonchev–Trinajstić information content (AvgIpc) is 2.75. The summed E-state index contributed by atoms with van der Waals surface area (Å²) in [6, 6.07) is 0. The summed E-state index contributed by atoms with van der Waals surface area (Å²) in [6.45, 7) is 1.31. The smallest absolute Gasteiger partial charge is 0.294 e. The molecule has 19 heavy (non-hydrogen) atoms. The van der Waals surface area contributed by atoms with E-state index in [1.54, 1.807) is 7.05 Å². The molecule has 0 spiro atoms. The van der Waals surface area contributed by atoms with E-state index in [0.29, 0.717) is 5.82 Å². The minimum atomic E-state index is -0.610. The van der Waals surface area contributed by atoms with E-state index < -0.39 is 17.0 Å². The summed E-state index contributed by atoms with van der Waals surface area (Å²) < 4.78 is 2.09. The molecule has 0 unspecified atom stereocenters. The number of carbonyl (C=O) groups excluding carboxylic acids is 1. The molecule has 2 aromatic heterocycles. The standard InChI is InChI=1S/C10H12N6O3/c1-6(17)7-4-16(10(19)14(2)9(7)18)5-8-11-13-15(3)12-8/h4H,5H2,1-3H3. The van der Waals surface area contributed by atoms with Crippen LogP contribution in [0.2, 0.25) is 0 Å². The number of hydrogen-bond donors (Lipinski definition) is 0. The first kappa shape index (κ1) is 12.9. The van der Waals surface area contributed by atoms with Gasteiger partial charge < -0.3 is 0 Å².